The number of aliphatic hydroxyl groups is 3. The van der Waals surface area contributed by atoms with Crippen LogP contribution in [0.25, 0.3) is 10.8 Å². The second kappa shape index (κ2) is 44.8. The molecule has 482 valence electrons. The zero-order valence-electron chi connectivity index (χ0n) is 51.6. The van der Waals surface area contributed by atoms with Crippen LogP contribution in [-0.2, 0) is 48.4 Å². The number of allylic oxidation sites excluding steroid dienone is 3. The zero-order valence-corrected chi connectivity index (χ0v) is 53.2. The largest absolute Gasteiger partial charge is 0.397 e. The molecule has 1 aliphatic heterocycles. The number of nitrogens with one attached hydrogen (secondary N) is 3. The number of fused-ring (bicyclic) bond motifs is 1. The van der Waals surface area contributed by atoms with E-state index >= 15 is 0 Å². The molecule has 1 heterocycles. The third-order valence-corrected chi connectivity index (χ3v) is 17.4. The van der Waals surface area contributed by atoms with E-state index < -0.39 is 89.0 Å². The fourth-order valence-corrected chi connectivity index (χ4v) is 12.3. The van der Waals surface area contributed by atoms with Gasteiger partial charge < -0.3 is 45.1 Å². The number of amides is 2. The Hall–Kier alpha value is -3.54. The molecule has 2 amide bonds. The molecule has 20 heteroatoms. The maximum atomic E-state index is 13.4. The van der Waals surface area contributed by atoms with Crippen molar-refractivity contribution in [1.82, 2.24) is 15.4 Å². The topological polar surface area (TPSA) is 260 Å². The van der Waals surface area contributed by atoms with Crippen molar-refractivity contribution in [3.05, 3.63) is 60.7 Å². The molecule has 1 saturated heterocycles. The van der Waals surface area contributed by atoms with Crippen molar-refractivity contribution in [1.29, 1.82) is 0 Å². The third-order valence-electron chi connectivity index (χ3n) is 15.4. The van der Waals surface area contributed by atoms with Gasteiger partial charge in [0.2, 0.25) is 21.8 Å². The second-order valence-corrected chi connectivity index (χ2v) is 25.8. The highest BCUT2D eigenvalue weighted by Gasteiger charge is 2.48. The number of carbonyl (C=O) groups excluding carboxylic acids is 2. The monoisotopic (exact) mass is 1220 g/mol. The maximum absolute atomic E-state index is 13.4. The molecule has 84 heavy (non-hydrogen) atoms. The Morgan fingerprint density at radius 3 is 1.68 bits per heavy atom. The van der Waals surface area contributed by atoms with Gasteiger partial charge in [-0.1, -0.05) is 217 Å². The average Bonchev–Trinajstić information content (AvgIpc) is 2.04. The number of ether oxygens (including phenoxy) is 3. The van der Waals surface area contributed by atoms with Crippen LogP contribution >= 0.6 is 0 Å². The third kappa shape index (κ3) is 32.4. The molecule has 0 saturated carbocycles. The molecule has 0 bridgehead atoms. The number of hydrogen-bond acceptors (Lipinski definition) is 14. The standard InChI is InChI=1S/C64H110N4O14S2/c1-5-7-9-11-13-15-17-19-20-21-22-23-24-25-26-28-30-32-34-36-38-46-59(70)67-54(56(69)44-37-35-33-31-29-27-18-16-14-12-10-8-6-2)49-80-64-62(73)63(82-84(76,77)78)61(72)57(81-64)50-79-51-60(71)65-47-48-66-83(74,75)58-45-40-41-52-53(58)42-39-43-55(52)68(3)4/h19-20,37,39-45,54,56-57,61-64,66,69,72-73H,5-18,21-36,38,46-51H2,1-4H3,(H,65,71)(H,67,70)(H,76,77,78)/b20-19-,44-37+/t54-,56+,57+,61-,62+,63-,64+/m0/s1. The fourth-order valence-electron chi connectivity index (χ4n) is 10.5. The number of nitrogens with zero attached hydrogens (tertiary/aromatic N) is 1. The summed E-state index contributed by atoms with van der Waals surface area (Å²) in [6, 6.07) is 9.35. The van der Waals surface area contributed by atoms with Crippen molar-refractivity contribution < 1.29 is 64.7 Å². The van der Waals surface area contributed by atoms with Crippen molar-refractivity contribution in [2.75, 3.05) is 51.9 Å². The van der Waals surface area contributed by atoms with Gasteiger partial charge in [0.05, 0.1) is 30.3 Å². The predicted octanol–water partition coefficient (Wildman–Crippen LogP) is 11.4. The van der Waals surface area contributed by atoms with Gasteiger partial charge in [0.25, 0.3) is 0 Å². The molecule has 2 aromatic carbocycles. The quantitative estimate of drug-likeness (QED) is 0.0185. The summed E-state index contributed by atoms with van der Waals surface area (Å²) in [5.41, 5.74) is 0.848. The highest BCUT2D eigenvalue weighted by Crippen LogP contribution is 2.31. The van der Waals surface area contributed by atoms with E-state index in [1.165, 1.54) is 147 Å². The molecule has 0 spiro atoms. The van der Waals surface area contributed by atoms with Gasteiger partial charge in [0.1, 0.15) is 31.0 Å². The molecule has 3 rings (SSSR count). The van der Waals surface area contributed by atoms with E-state index in [-0.39, 0.29) is 30.3 Å². The Morgan fingerprint density at radius 2 is 1.14 bits per heavy atom. The van der Waals surface area contributed by atoms with Crippen LogP contribution in [0.5, 0.6) is 0 Å². The fraction of sp³-hybridized carbons (Fsp3) is 0.750. The summed E-state index contributed by atoms with van der Waals surface area (Å²) < 4.78 is 84.5. The Bertz CT molecular complexity index is 2360. The Morgan fingerprint density at radius 1 is 0.643 bits per heavy atom. The van der Waals surface area contributed by atoms with E-state index in [9.17, 15) is 46.3 Å². The lowest BCUT2D eigenvalue weighted by molar-refractivity contribution is -0.300. The number of sulfonamides is 1. The van der Waals surface area contributed by atoms with Gasteiger partial charge in [0, 0.05) is 50.1 Å². The molecule has 18 nitrogen and oxygen atoms in total. The number of anilines is 1. The predicted molar refractivity (Wildman–Crippen MR) is 336 cm³/mol. The van der Waals surface area contributed by atoms with Crippen molar-refractivity contribution in [3.63, 3.8) is 0 Å². The minimum Gasteiger partial charge on any atom is -0.387 e. The molecule has 2 aromatic rings. The van der Waals surface area contributed by atoms with Gasteiger partial charge in [-0.05, 0) is 57.1 Å². The number of unbranched alkanes of at least 4 members (excludes halogenated alkanes) is 28. The van der Waals surface area contributed by atoms with Crippen molar-refractivity contribution in [3.8, 4) is 0 Å². The molecular formula is C64H110N4O14S2. The van der Waals surface area contributed by atoms with Crippen LogP contribution < -0.4 is 20.3 Å². The first kappa shape index (κ1) is 74.7. The number of aliphatic hydroxyl groups excluding tert-OH is 3. The lowest BCUT2D eigenvalue weighted by Crippen LogP contribution is -2.61. The average molecular weight is 1220 g/mol. The van der Waals surface area contributed by atoms with Crippen molar-refractivity contribution in [2.45, 2.75) is 267 Å². The van der Waals surface area contributed by atoms with Gasteiger partial charge in [-0.3, -0.25) is 14.1 Å². The Balaban J connectivity index is 1.49. The number of rotatable bonds is 51. The van der Waals surface area contributed by atoms with Crippen LogP contribution in [0, 0.1) is 0 Å². The van der Waals surface area contributed by atoms with Gasteiger partial charge in [0.15, 0.2) is 6.29 Å². The van der Waals surface area contributed by atoms with Crippen molar-refractivity contribution in [2.24, 2.45) is 0 Å². The molecule has 0 unspecified atom stereocenters. The summed E-state index contributed by atoms with van der Waals surface area (Å²) in [7, 11) is -5.49. The van der Waals surface area contributed by atoms with E-state index in [1.807, 2.05) is 37.2 Å². The minimum absolute atomic E-state index is 0.0804. The van der Waals surface area contributed by atoms with E-state index in [1.54, 1.807) is 24.3 Å². The lowest BCUT2D eigenvalue weighted by atomic mass is 9.99. The Kier molecular flexibility index (Phi) is 39.9. The number of benzene rings is 2. The summed E-state index contributed by atoms with van der Waals surface area (Å²) in [4.78, 5) is 28.1. The molecule has 7 N–H and O–H groups in total. The van der Waals surface area contributed by atoms with Gasteiger partial charge >= 0.3 is 10.4 Å². The van der Waals surface area contributed by atoms with E-state index in [2.05, 4.69) is 45.5 Å². The highest BCUT2D eigenvalue weighted by atomic mass is 32.3. The zero-order chi connectivity index (χ0) is 61.3. The first-order valence-electron chi connectivity index (χ1n) is 32.1. The summed E-state index contributed by atoms with van der Waals surface area (Å²) in [5.74, 6) is -0.972. The molecule has 7 atom stereocenters. The summed E-state index contributed by atoms with van der Waals surface area (Å²) >= 11 is 0. The molecule has 1 fully saturated rings. The van der Waals surface area contributed by atoms with Gasteiger partial charge in [-0.15, -0.1) is 0 Å². The van der Waals surface area contributed by atoms with Crippen LogP contribution in [0.4, 0.5) is 5.69 Å². The van der Waals surface area contributed by atoms with E-state index in [0.29, 0.717) is 18.2 Å². The molecule has 0 radical (unpaired) electrons. The molecule has 1 aliphatic rings. The summed E-state index contributed by atoms with van der Waals surface area (Å²) in [6.07, 6.45) is 34.7. The highest BCUT2D eigenvalue weighted by molar-refractivity contribution is 7.89. The van der Waals surface area contributed by atoms with Crippen LogP contribution in [0.15, 0.2) is 65.6 Å². The van der Waals surface area contributed by atoms with Crippen LogP contribution in [-0.4, -0.2) is 138 Å². The minimum atomic E-state index is -5.24. The molecule has 0 aliphatic carbocycles. The molecular weight excluding hydrogens is 1110 g/mol. The number of hydrogen-bond donors (Lipinski definition) is 7. The normalized spacial score (nSPS) is 18.5. The number of carbonyl (C=O) groups is 2. The smallest absolute Gasteiger partial charge is 0.387 e. The van der Waals surface area contributed by atoms with Gasteiger partial charge in [-0.2, -0.15) is 8.42 Å². The second-order valence-electron chi connectivity index (χ2n) is 23.0. The Labute approximate surface area is 506 Å². The summed E-state index contributed by atoms with van der Waals surface area (Å²) in [6.45, 7) is 2.63. The SMILES string of the molecule is CCCCCCCC/C=C\CCCCCCCCCCCCCC(=O)N[C@@H](CO[C@@H]1O[C@H](COCC(=O)NCCNS(=O)(=O)c2cccc3c(N(C)C)cccc23)[C@H](O)[C@H](OS(=O)(=O)O)[C@H]1O)[C@H](O)/C=C/CCCCCCCCCCCCC. The van der Waals surface area contributed by atoms with E-state index in [4.69, 9.17) is 14.2 Å². The van der Waals surface area contributed by atoms with Crippen molar-refractivity contribution >= 4 is 48.7 Å². The van der Waals surface area contributed by atoms with Crippen LogP contribution in [0.1, 0.15) is 219 Å². The van der Waals surface area contributed by atoms with E-state index in [0.717, 1.165) is 56.0 Å². The van der Waals surface area contributed by atoms with Gasteiger partial charge in [-0.25, -0.2) is 17.3 Å². The molecule has 0 aromatic heterocycles. The van der Waals surface area contributed by atoms with Crippen LogP contribution in [0.3, 0.4) is 0 Å². The van der Waals surface area contributed by atoms with Crippen LogP contribution in [0.2, 0.25) is 0 Å². The lowest BCUT2D eigenvalue weighted by Gasteiger charge is -2.41. The maximum Gasteiger partial charge on any atom is 0.397 e. The first-order chi connectivity index (χ1) is 40.5. The first-order valence-corrected chi connectivity index (χ1v) is 34.9. The summed E-state index contributed by atoms with van der Waals surface area (Å²) in [5, 5.41) is 40.4.